The summed E-state index contributed by atoms with van der Waals surface area (Å²) in [5.74, 6) is 1.60. The highest BCUT2D eigenvalue weighted by molar-refractivity contribution is 5.52. The molecule has 1 fully saturated rings. The molecule has 0 aliphatic carbocycles. The molecule has 0 spiro atoms. The SMILES string of the molecule is Cc1cc(Nc2cccc([C@H]3CN(CCc4ccccc4)CCO3)n2)nn1C. The predicted molar refractivity (Wildman–Crippen MR) is 111 cm³/mol. The minimum absolute atomic E-state index is 0.00302. The van der Waals surface area contributed by atoms with Crippen molar-refractivity contribution in [3.8, 4) is 0 Å². The van der Waals surface area contributed by atoms with E-state index in [4.69, 9.17) is 9.72 Å². The maximum absolute atomic E-state index is 6.02. The Labute approximate surface area is 166 Å². The van der Waals surface area contributed by atoms with E-state index in [1.807, 2.05) is 42.9 Å². The van der Waals surface area contributed by atoms with Crippen molar-refractivity contribution in [3.05, 3.63) is 71.5 Å². The molecule has 0 saturated carbocycles. The number of ether oxygens (including phenoxy) is 1. The van der Waals surface area contributed by atoms with Crippen molar-refractivity contribution in [2.24, 2.45) is 7.05 Å². The standard InChI is InChI=1S/C22H27N5O/c1-17-15-22(25-26(17)2)24-21-10-6-9-19(23-21)20-16-27(13-14-28-20)12-11-18-7-4-3-5-8-18/h3-10,15,20H,11-14,16H2,1-2H3,(H,23,24,25)/t20-/m1/s1. The average Bonchev–Trinajstić information content (AvgIpc) is 3.04. The largest absolute Gasteiger partial charge is 0.369 e. The summed E-state index contributed by atoms with van der Waals surface area (Å²) in [6, 6.07) is 18.7. The zero-order valence-corrected chi connectivity index (χ0v) is 16.5. The second kappa shape index (κ2) is 8.54. The topological polar surface area (TPSA) is 55.2 Å². The van der Waals surface area contributed by atoms with E-state index < -0.39 is 0 Å². The highest BCUT2D eigenvalue weighted by atomic mass is 16.5. The van der Waals surface area contributed by atoms with Crippen LogP contribution >= 0.6 is 0 Å². The van der Waals surface area contributed by atoms with Crippen molar-refractivity contribution in [3.63, 3.8) is 0 Å². The molecule has 6 heteroatoms. The van der Waals surface area contributed by atoms with Gasteiger partial charge in [-0.3, -0.25) is 9.58 Å². The van der Waals surface area contributed by atoms with Crippen molar-refractivity contribution in [2.75, 3.05) is 31.6 Å². The maximum Gasteiger partial charge on any atom is 0.153 e. The van der Waals surface area contributed by atoms with Crippen LogP contribution in [0.3, 0.4) is 0 Å². The highest BCUT2D eigenvalue weighted by Gasteiger charge is 2.23. The molecule has 0 bridgehead atoms. The lowest BCUT2D eigenvalue weighted by molar-refractivity contribution is -0.0315. The maximum atomic E-state index is 6.02. The number of morpholine rings is 1. The first-order chi connectivity index (χ1) is 13.7. The van der Waals surface area contributed by atoms with Gasteiger partial charge in [0.25, 0.3) is 0 Å². The Morgan fingerprint density at radius 1 is 1.11 bits per heavy atom. The molecule has 3 heterocycles. The molecule has 1 N–H and O–H groups in total. The molecule has 1 aliphatic rings. The molecular weight excluding hydrogens is 350 g/mol. The van der Waals surface area contributed by atoms with Gasteiger partial charge in [0.1, 0.15) is 11.9 Å². The lowest BCUT2D eigenvalue weighted by atomic mass is 10.1. The molecule has 0 amide bonds. The van der Waals surface area contributed by atoms with Gasteiger partial charge in [0.2, 0.25) is 0 Å². The van der Waals surface area contributed by atoms with Crippen molar-refractivity contribution in [1.29, 1.82) is 0 Å². The number of nitrogens with zero attached hydrogens (tertiary/aromatic N) is 4. The Balaban J connectivity index is 1.39. The van der Waals surface area contributed by atoms with Crippen LogP contribution in [0.4, 0.5) is 11.6 Å². The molecule has 0 radical (unpaired) electrons. The first-order valence-electron chi connectivity index (χ1n) is 9.80. The van der Waals surface area contributed by atoms with Gasteiger partial charge in [-0.2, -0.15) is 5.10 Å². The number of nitrogens with one attached hydrogen (secondary N) is 1. The van der Waals surface area contributed by atoms with Gasteiger partial charge in [0, 0.05) is 38.4 Å². The smallest absolute Gasteiger partial charge is 0.153 e. The van der Waals surface area contributed by atoms with E-state index in [0.29, 0.717) is 0 Å². The molecule has 1 saturated heterocycles. The van der Waals surface area contributed by atoms with E-state index in [1.165, 1.54) is 5.56 Å². The van der Waals surface area contributed by atoms with Gasteiger partial charge in [-0.05, 0) is 31.0 Å². The molecule has 1 aromatic carbocycles. The Morgan fingerprint density at radius 3 is 2.75 bits per heavy atom. The van der Waals surface area contributed by atoms with Crippen LogP contribution in [0.2, 0.25) is 0 Å². The van der Waals surface area contributed by atoms with Crippen molar-refractivity contribution in [1.82, 2.24) is 19.7 Å². The van der Waals surface area contributed by atoms with Crippen LogP contribution in [0.25, 0.3) is 0 Å². The van der Waals surface area contributed by atoms with Gasteiger partial charge in [-0.15, -0.1) is 0 Å². The van der Waals surface area contributed by atoms with Gasteiger partial charge >= 0.3 is 0 Å². The summed E-state index contributed by atoms with van der Waals surface area (Å²) in [6.45, 7) is 5.63. The Bertz CT molecular complexity index is 889. The summed E-state index contributed by atoms with van der Waals surface area (Å²) in [6.07, 6.45) is 1.05. The third-order valence-electron chi connectivity index (χ3n) is 5.18. The second-order valence-electron chi connectivity index (χ2n) is 7.26. The summed E-state index contributed by atoms with van der Waals surface area (Å²) < 4.78 is 7.87. The minimum Gasteiger partial charge on any atom is -0.369 e. The van der Waals surface area contributed by atoms with Crippen LogP contribution in [0, 0.1) is 6.92 Å². The average molecular weight is 377 g/mol. The number of hydrogen-bond donors (Lipinski definition) is 1. The van der Waals surface area contributed by atoms with Crippen molar-refractivity contribution < 1.29 is 4.74 Å². The normalized spacial score (nSPS) is 17.6. The molecule has 28 heavy (non-hydrogen) atoms. The zero-order chi connectivity index (χ0) is 19.3. The first kappa shape index (κ1) is 18.7. The van der Waals surface area contributed by atoms with Crippen molar-refractivity contribution >= 4 is 11.6 Å². The van der Waals surface area contributed by atoms with Crippen molar-refractivity contribution in [2.45, 2.75) is 19.4 Å². The number of aryl methyl sites for hydroxylation is 2. The third-order valence-corrected chi connectivity index (χ3v) is 5.18. The number of pyridine rings is 1. The van der Waals surface area contributed by atoms with E-state index in [2.05, 4.69) is 45.6 Å². The van der Waals surface area contributed by atoms with E-state index in [1.54, 1.807) is 0 Å². The number of benzene rings is 1. The molecular formula is C22H27N5O. The Hall–Kier alpha value is -2.70. The molecule has 4 rings (SSSR count). The van der Waals surface area contributed by atoms with Crippen LogP contribution in [-0.4, -0.2) is 45.9 Å². The van der Waals surface area contributed by atoms with Gasteiger partial charge in [-0.25, -0.2) is 4.98 Å². The fourth-order valence-electron chi connectivity index (χ4n) is 3.47. The number of anilines is 2. The quantitative estimate of drug-likeness (QED) is 0.713. The summed E-state index contributed by atoms with van der Waals surface area (Å²) in [7, 11) is 1.93. The number of hydrogen-bond acceptors (Lipinski definition) is 5. The van der Waals surface area contributed by atoms with Crippen LogP contribution in [-0.2, 0) is 18.2 Å². The van der Waals surface area contributed by atoms with Crippen LogP contribution in [0.15, 0.2) is 54.6 Å². The van der Waals surface area contributed by atoms with Gasteiger partial charge in [0.05, 0.1) is 12.3 Å². The molecule has 0 unspecified atom stereocenters. The summed E-state index contributed by atoms with van der Waals surface area (Å²) >= 11 is 0. The number of aromatic nitrogens is 3. The molecule has 2 aromatic heterocycles. The van der Waals surface area contributed by atoms with E-state index in [0.717, 1.165) is 55.7 Å². The van der Waals surface area contributed by atoms with Crippen LogP contribution < -0.4 is 5.32 Å². The van der Waals surface area contributed by atoms with Crippen LogP contribution in [0.1, 0.15) is 23.1 Å². The van der Waals surface area contributed by atoms with Crippen LogP contribution in [0.5, 0.6) is 0 Å². The summed E-state index contributed by atoms with van der Waals surface area (Å²) in [5.41, 5.74) is 3.44. The molecule has 1 aliphatic heterocycles. The minimum atomic E-state index is -0.00302. The molecule has 3 aromatic rings. The summed E-state index contributed by atoms with van der Waals surface area (Å²) in [4.78, 5) is 7.23. The highest BCUT2D eigenvalue weighted by Crippen LogP contribution is 2.23. The lowest BCUT2D eigenvalue weighted by Gasteiger charge is -2.32. The van der Waals surface area contributed by atoms with E-state index in [-0.39, 0.29) is 6.10 Å². The molecule has 1 atom stereocenters. The van der Waals surface area contributed by atoms with E-state index in [9.17, 15) is 0 Å². The predicted octanol–water partition coefficient (Wildman–Crippen LogP) is 3.48. The Morgan fingerprint density at radius 2 is 1.96 bits per heavy atom. The lowest BCUT2D eigenvalue weighted by Crippen LogP contribution is -2.39. The molecule has 6 nitrogen and oxygen atoms in total. The van der Waals surface area contributed by atoms with Gasteiger partial charge in [0.15, 0.2) is 5.82 Å². The van der Waals surface area contributed by atoms with Gasteiger partial charge < -0.3 is 10.1 Å². The second-order valence-corrected chi connectivity index (χ2v) is 7.26. The van der Waals surface area contributed by atoms with Gasteiger partial charge in [-0.1, -0.05) is 36.4 Å². The summed E-state index contributed by atoms with van der Waals surface area (Å²) in [5, 5.41) is 7.73. The zero-order valence-electron chi connectivity index (χ0n) is 16.5. The molecule has 146 valence electrons. The monoisotopic (exact) mass is 377 g/mol. The third kappa shape index (κ3) is 4.58. The van der Waals surface area contributed by atoms with E-state index >= 15 is 0 Å². The Kier molecular flexibility index (Phi) is 5.69. The first-order valence-corrected chi connectivity index (χ1v) is 9.80. The fraction of sp³-hybridized carbons (Fsp3) is 0.364. The number of rotatable bonds is 6. The fourth-order valence-corrected chi connectivity index (χ4v) is 3.47.